The van der Waals surface area contributed by atoms with Gasteiger partial charge in [0, 0.05) is 16.8 Å². The van der Waals surface area contributed by atoms with Crippen molar-refractivity contribution in [2.75, 3.05) is 0 Å². The van der Waals surface area contributed by atoms with Gasteiger partial charge >= 0.3 is 0 Å². The molecule has 0 aliphatic carbocycles. The molecule has 0 N–H and O–H groups in total. The average Bonchev–Trinajstić information content (AvgIpc) is 3.02. The number of halogens is 1. The Balaban J connectivity index is 2.09. The second-order valence-electron chi connectivity index (χ2n) is 8.58. The number of aryl methyl sites for hydroxylation is 2. The second kappa shape index (κ2) is 5.44. The third-order valence-corrected chi connectivity index (χ3v) is 6.48. The Morgan fingerprint density at radius 2 is 1.69 bits per heavy atom. The highest BCUT2D eigenvalue weighted by molar-refractivity contribution is 6.25. The molecule has 0 aliphatic heterocycles. The molecule has 0 fully saturated rings. The highest BCUT2D eigenvalue weighted by Crippen LogP contribution is 2.41. The van der Waals surface area contributed by atoms with Crippen LogP contribution in [0.25, 0.3) is 49.0 Å². The molecule has 3 aromatic heterocycles. The van der Waals surface area contributed by atoms with E-state index in [1.54, 1.807) is 12.1 Å². The summed E-state index contributed by atoms with van der Waals surface area (Å²) in [4.78, 5) is 0. The largest absolute Gasteiger partial charge is 0.307 e. The van der Waals surface area contributed by atoms with Crippen molar-refractivity contribution in [3.8, 4) is 0 Å². The van der Waals surface area contributed by atoms with E-state index in [4.69, 9.17) is 0 Å². The van der Waals surface area contributed by atoms with Crippen molar-refractivity contribution < 1.29 is 8.96 Å². The fourth-order valence-corrected chi connectivity index (χ4v) is 5.04. The third-order valence-electron chi connectivity index (χ3n) is 6.48. The maximum Gasteiger partial charge on any atom is 0.224 e. The zero-order chi connectivity index (χ0) is 20.0. The van der Waals surface area contributed by atoms with Crippen LogP contribution in [0.5, 0.6) is 0 Å². The van der Waals surface area contributed by atoms with Crippen molar-refractivity contribution >= 4 is 49.0 Å². The van der Waals surface area contributed by atoms with Gasteiger partial charge in [-0.3, -0.25) is 0 Å². The average molecular weight is 381 g/mol. The highest BCUT2D eigenvalue weighted by atomic mass is 19.1. The molecule has 3 heterocycles. The molecule has 0 saturated carbocycles. The molecule has 0 atom stereocenters. The Morgan fingerprint density at radius 3 is 2.48 bits per heavy atom. The summed E-state index contributed by atoms with van der Waals surface area (Å²) in [5.41, 5.74) is 7.06. The maximum atomic E-state index is 14.3. The van der Waals surface area contributed by atoms with E-state index in [1.165, 1.54) is 43.7 Å². The summed E-state index contributed by atoms with van der Waals surface area (Å²) >= 11 is 0. The van der Waals surface area contributed by atoms with Gasteiger partial charge in [-0.25, -0.2) is 8.96 Å². The highest BCUT2D eigenvalue weighted by Gasteiger charge is 2.24. The molecule has 2 nitrogen and oxygen atoms in total. The second-order valence-corrected chi connectivity index (χ2v) is 8.58. The van der Waals surface area contributed by atoms with Crippen LogP contribution < -0.4 is 4.57 Å². The van der Waals surface area contributed by atoms with E-state index < -0.39 is 0 Å². The predicted octanol–water partition coefficient (Wildman–Crippen LogP) is 6.39. The molecule has 0 unspecified atom stereocenters. The molecule has 0 radical (unpaired) electrons. The fourth-order valence-electron chi connectivity index (χ4n) is 5.04. The minimum absolute atomic E-state index is 0.199. The molecule has 0 spiro atoms. The summed E-state index contributed by atoms with van der Waals surface area (Å²) in [6.07, 6.45) is 2.15. The van der Waals surface area contributed by atoms with Crippen LogP contribution in [0.15, 0.2) is 54.7 Å². The molecule has 3 heteroatoms. The summed E-state index contributed by atoms with van der Waals surface area (Å²) in [7, 11) is 2.12. The quantitative estimate of drug-likeness (QED) is 0.177. The number of benzene rings is 3. The van der Waals surface area contributed by atoms with E-state index in [0.717, 1.165) is 16.4 Å². The van der Waals surface area contributed by atoms with E-state index >= 15 is 0 Å². The minimum Gasteiger partial charge on any atom is -0.307 e. The molecular formula is C26H22FN2+. The monoisotopic (exact) mass is 381 g/mol. The normalized spacial score (nSPS) is 12.6. The van der Waals surface area contributed by atoms with Crippen LogP contribution >= 0.6 is 0 Å². The number of hydrogen-bond donors (Lipinski definition) is 0. The third kappa shape index (κ3) is 2.02. The molecule has 0 aliphatic rings. The number of fused-ring (bicyclic) bond motifs is 5. The Morgan fingerprint density at radius 1 is 0.897 bits per heavy atom. The summed E-state index contributed by atoms with van der Waals surface area (Å²) in [5, 5.41) is 6.00. The van der Waals surface area contributed by atoms with Crippen molar-refractivity contribution in [1.29, 1.82) is 0 Å². The lowest BCUT2D eigenvalue weighted by molar-refractivity contribution is -0.643. The van der Waals surface area contributed by atoms with E-state index in [0.29, 0.717) is 5.92 Å². The number of rotatable bonds is 1. The van der Waals surface area contributed by atoms with Crippen LogP contribution in [0.3, 0.4) is 0 Å². The van der Waals surface area contributed by atoms with Gasteiger partial charge in [0.15, 0.2) is 6.20 Å². The van der Waals surface area contributed by atoms with Crippen molar-refractivity contribution in [3.63, 3.8) is 0 Å². The Hall–Kier alpha value is -3.20. The number of nitrogens with zero attached hydrogens (tertiary/aromatic N) is 2. The van der Waals surface area contributed by atoms with Gasteiger partial charge < -0.3 is 4.40 Å². The van der Waals surface area contributed by atoms with Crippen molar-refractivity contribution in [1.82, 2.24) is 4.40 Å². The summed E-state index contributed by atoms with van der Waals surface area (Å²) in [6, 6.07) is 16.3. The number of pyridine rings is 2. The molecule has 0 bridgehead atoms. The van der Waals surface area contributed by atoms with Gasteiger partial charge in [0.1, 0.15) is 12.9 Å². The van der Waals surface area contributed by atoms with Crippen LogP contribution in [-0.2, 0) is 7.05 Å². The van der Waals surface area contributed by atoms with Crippen LogP contribution in [0.2, 0.25) is 0 Å². The van der Waals surface area contributed by atoms with Crippen molar-refractivity contribution in [2.24, 2.45) is 7.05 Å². The first kappa shape index (κ1) is 16.7. The van der Waals surface area contributed by atoms with Crippen molar-refractivity contribution in [3.05, 3.63) is 71.7 Å². The smallest absolute Gasteiger partial charge is 0.224 e. The van der Waals surface area contributed by atoms with Gasteiger partial charge in [-0.05, 0) is 53.6 Å². The number of hydrogen-bond acceptors (Lipinski definition) is 0. The van der Waals surface area contributed by atoms with E-state index in [1.807, 2.05) is 6.07 Å². The molecule has 3 aromatic carbocycles. The molecule has 0 amide bonds. The van der Waals surface area contributed by atoms with Gasteiger partial charge in [0.2, 0.25) is 5.52 Å². The molecule has 142 valence electrons. The lowest BCUT2D eigenvalue weighted by Gasteiger charge is -2.15. The zero-order valence-electron chi connectivity index (χ0n) is 17.0. The fraction of sp³-hybridized carbons (Fsp3) is 0.192. The first-order valence-corrected chi connectivity index (χ1v) is 10.2. The van der Waals surface area contributed by atoms with Crippen LogP contribution in [0, 0.1) is 12.7 Å². The topological polar surface area (TPSA) is 8.29 Å². The SMILES string of the molecule is Cc1ccc2c3ccc(F)cc3n3c4cc(C(C)C)cc5cc[n+](C)c(c1c23)c54. The lowest BCUT2D eigenvalue weighted by Crippen LogP contribution is -2.29. The molecular weight excluding hydrogens is 359 g/mol. The molecule has 29 heavy (non-hydrogen) atoms. The molecule has 0 saturated heterocycles. The maximum absolute atomic E-state index is 14.3. The van der Waals surface area contributed by atoms with Crippen molar-refractivity contribution in [2.45, 2.75) is 26.7 Å². The van der Waals surface area contributed by atoms with Gasteiger partial charge in [-0.15, -0.1) is 0 Å². The summed E-state index contributed by atoms with van der Waals surface area (Å²) in [5.74, 6) is 0.219. The summed E-state index contributed by atoms with van der Waals surface area (Å²) < 4.78 is 18.8. The van der Waals surface area contributed by atoms with Gasteiger partial charge in [-0.1, -0.05) is 32.0 Å². The van der Waals surface area contributed by atoms with Gasteiger partial charge in [0.05, 0.1) is 27.3 Å². The Labute approximate surface area is 168 Å². The Bertz CT molecular complexity index is 1600. The van der Waals surface area contributed by atoms with E-state index in [2.05, 4.69) is 73.3 Å². The van der Waals surface area contributed by atoms with E-state index in [-0.39, 0.29) is 5.82 Å². The van der Waals surface area contributed by atoms with Gasteiger partial charge in [-0.2, -0.15) is 0 Å². The first-order chi connectivity index (χ1) is 14.0. The molecule has 6 rings (SSSR count). The van der Waals surface area contributed by atoms with E-state index in [9.17, 15) is 4.39 Å². The Kier molecular flexibility index (Phi) is 3.14. The number of aromatic nitrogens is 2. The molecule has 6 aromatic rings. The van der Waals surface area contributed by atoms with Crippen LogP contribution in [0.4, 0.5) is 4.39 Å². The minimum atomic E-state index is -0.199. The lowest BCUT2D eigenvalue weighted by atomic mass is 9.95. The van der Waals surface area contributed by atoms with Gasteiger partial charge in [0.25, 0.3) is 0 Å². The standard InChI is InChI=1S/C26H22FN2/c1-14(2)17-11-16-9-10-28(4)26-23-15(3)5-7-20-19-8-6-18(27)13-21(19)29(25(20)23)22(12-17)24(16)26/h5-14H,1-4H3/q+1. The summed E-state index contributed by atoms with van der Waals surface area (Å²) in [6.45, 7) is 6.62. The van der Waals surface area contributed by atoms with Crippen LogP contribution in [-0.4, -0.2) is 4.40 Å². The first-order valence-electron chi connectivity index (χ1n) is 10.2. The zero-order valence-corrected chi connectivity index (χ0v) is 17.0. The predicted molar refractivity (Wildman–Crippen MR) is 119 cm³/mol. The van der Waals surface area contributed by atoms with Crippen LogP contribution in [0.1, 0.15) is 30.9 Å².